The van der Waals surface area contributed by atoms with Crippen LogP contribution in [0.15, 0.2) is 12.2 Å². The second kappa shape index (κ2) is 2.10. The fourth-order valence-electron chi connectivity index (χ4n) is 2.90. The zero-order valence-electron chi connectivity index (χ0n) is 6.99. The van der Waals surface area contributed by atoms with Gasteiger partial charge in [0.1, 0.15) is 5.60 Å². The van der Waals surface area contributed by atoms with E-state index < -0.39 is 0 Å². The predicted molar refractivity (Wildman–Crippen MR) is 45.6 cm³/mol. The van der Waals surface area contributed by atoms with Crippen molar-refractivity contribution >= 4 is 0 Å². The molecule has 12 heavy (non-hydrogen) atoms. The van der Waals surface area contributed by atoms with Gasteiger partial charge < -0.3 is 15.8 Å². The SMILES string of the molecule is NCC1C2C=CC3(CNCC13)O2. The van der Waals surface area contributed by atoms with Crippen molar-refractivity contribution < 1.29 is 4.74 Å². The monoisotopic (exact) mass is 166 g/mol. The molecule has 3 aliphatic heterocycles. The number of rotatable bonds is 1. The van der Waals surface area contributed by atoms with Crippen LogP contribution in [0.2, 0.25) is 0 Å². The molecule has 0 aliphatic carbocycles. The summed E-state index contributed by atoms with van der Waals surface area (Å²) in [7, 11) is 0. The van der Waals surface area contributed by atoms with Crippen LogP contribution in [0.1, 0.15) is 0 Å². The molecule has 3 N–H and O–H groups in total. The summed E-state index contributed by atoms with van der Waals surface area (Å²) in [5.74, 6) is 1.17. The van der Waals surface area contributed by atoms with Gasteiger partial charge in [0.2, 0.25) is 0 Å². The normalized spacial score (nSPS) is 54.9. The van der Waals surface area contributed by atoms with E-state index in [4.69, 9.17) is 10.5 Å². The van der Waals surface area contributed by atoms with E-state index in [9.17, 15) is 0 Å². The summed E-state index contributed by atoms with van der Waals surface area (Å²) >= 11 is 0. The van der Waals surface area contributed by atoms with Crippen LogP contribution in [0.5, 0.6) is 0 Å². The van der Waals surface area contributed by atoms with E-state index in [-0.39, 0.29) is 5.60 Å². The number of hydrogen-bond donors (Lipinski definition) is 2. The van der Waals surface area contributed by atoms with Gasteiger partial charge in [0.15, 0.2) is 0 Å². The average molecular weight is 166 g/mol. The van der Waals surface area contributed by atoms with Crippen molar-refractivity contribution in [3.8, 4) is 0 Å². The van der Waals surface area contributed by atoms with Crippen LogP contribution in [0, 0.1) is 11.8 Å². The van der Waals surface area contributed by atoms with Crippen molar-refractivity contribution in [2.45, 2.75) is 11.7 Å². The Kier molecular flexibility index (Phi) is 1.24. The largest absolute Gasteiger partial charge is 0.362 e. The summed E-state index contributed by atoms with van der Waals surface area (Å²) in [5.41, 5.74) is 5.75. The minimum Gasteiger partial charge on any atom is -0.362 e. The predicted octanol–water partition coefficient (Wildman–Crippen LogP) is -0.512. The first-order valence-corrected chi connectivity index (χ1v) is 4.64. The molecule has 0 aromatic rings. The van der Waals surface area contributed by atoms with Gasteiger partial charge in [-0.3, -0.25) is 0 Å². The molecule has 4 atom stereocenters. The molecule has 0 aromatic heterocycles. The lowest BCUT2D eigenvalue weighted by Gasteiger charge is -2.24. The third-order valence-electron chi connectivity index (χ3n) is 3.53. The Labute approximate surface area is 72.0 Å². The lowest BCUT2D eigenvalue weighted by atomic mass is 9.78. The molecule has 3 aliphatic rings. The maximum atomic E-state index is 5.93. The van der Waals surface area contributed by atoms with E-state index >= 15 is 0 Å². The van der Waals surface area contributed by atoms with E-state index in [1.807, 2.05) is 0 Å². The maximum absolute atomic E-state index is 5.93. The molecule has 66 valence electrons. The molecular formula is C9H14N2O. The van der Waals surface area contributed by atoms with Crippen LogP contribution in [-0.2, 0) is 4.74 Å². The molecule has 2 fully saturated rings. The smallest absolute Gasteiger partial charge is 0.104 e. The van der Waals surface area contributed by atoms with Gasteiger partial charge in [-0.1, -0.05) is 12.2 Å². The highest BCUT2D eigenvalue weighted by Gasteiger charge is 2.57. The Balaban J connectivity index is 2.00. The number of nitrogens with one attached hydrogen (secondary N) is 1. The minimum absolute atomic E-state index is 0.0225. The average Bonchev–Trinajstić information content (AvgIpc) is 2.68. The van der Waals surface area contributed by atoms with Crippen molar-refractivity contribution in [1.82, 2.24) is 5.32 Å². The van der Waals surface area contributed by atoms with Crippen molar-refractivity contribution in [1.29, 1.82) is 0 Å². The van der Waals surface area contributed by atoms with E-state index in [1.165, 1.54) is 0 Å². The molecule has 3 heteroatoms. The molecule has 0 radical (unpaired) electrons. The third kappa shape index (κ3) is 0.632. The van der Waals surface area contributed by atoms with Crippen LogP contribution < -0.4 is 11.1 Å². The van der Waals surface area contributed by atoms with Crippen molar-refractivity contribution in [3.05, 3.63) is 12.2 Å². The van der Waals surface area contributed by atoms with Gasteiger partial charge in [0, 0.05) is 24.9 Å². The van der Waals surface area contributed by atoms with E-state index in [0.29, 0.717) is 17.9 Å². The number of ether oxygens (including phenoxy) is 1. The number of nitrogens with two attached hydrogens (primary N) is 1. The molecule has 2 saturated heterocycles. The van der Waals surface area contributed by atoms with Gasteiger partial charge in [-0.25, -0.2) is 0 Å². The zero-order chi connectivity index (χ0) is 8.18. The second-order valence-electron chi connectivity index (χ2n) is 4.03. The highest BCUT2D eigenvalue weighted by Crippen LogP contribution is 2.48. The Morgan fingerprint density at radius 3 is 3.42 bits per heavy atom. The number of fused-ring (bicyclic) bond motifs is 1. The summed E-state index contributed by atoms with van der Waals surface area (Å²) in [5, 5.41) is 3.38. The molecule has 0 aromatic carbocycles. The summed E-state index contributed by atoms with van der Waals surface area (Å²) in [6.45, 7) is 2.80. The molecule has 2 bridgehead atoms. The summed E-state index contributed by atoms with van der Waals surface area (Å²) in [6.07, 6.45) is 4.72. The topological polar surface area (TPSA) is 47.3 Å². The maximum Gasteiger partial charge on any atom is 0.104 e. The van der Waals surface area contributed by atoms with E-state index in [0.717, 1.165) is 19.6 Å². The lowest BCUT2D eigenvalue weighted by Crippen LogP contribution is -2.36. The van der Waals surface area contributed by atoms with Gasteiger partial charge >= 0.3 is 0 Å². The van der Waals surface area contributed by atoms with Crippen LogP contribution in [-0.4, -0.2) is 31.3 Å². The van der Waals surface area contributed by atoms with Crippen molar-refractivity contribution in [3.63, 3.8) is 0 Å². The fourth-order valence-corrected chi connectivity index (χ4v) is 2.90. The van der Waals surface area contributed by atoms with Crippen LogP contribution in [0.25, 0.3) is 0 Å². The van der Waals surface area contributed by atoms with Crippen molar-refractivity contribution in [2.24, 2.45) is 17.6 Å². The molecular weight excluding hydrogens is 152 g/mol. The standard InChI is InChI=1S/C9H14N2O/c10-3-6-7-4-11-5-9(7)2-1-8(6)12-9/h1-2,6-8,11H,3-5,10H2. The summed E-state index contributed by atoms with van der Waals surface area (Å²) in [4.78, 5) is 0. The Bertz CT molecular complexity index is 241. The Morgan fingerprint density at radius 2 is 2.58 bits per heavy atom. The van der Waals surface area contributed by atoms with Crippen LogP contribution in [0.4, 0.5) is 0 Å². The van der Waals surface area contributed by atoms with E-state index in [2.05, 4.69) is 17.5 Å². The van der Waals surface area contributed by atoms with E-state index in [1.54, 1.807) is 0 Å². The highest BCUT2D eigenvalue weighted by molar-refractivity contribution is 5.26. The molecule has 3 rings (SSSR count). The number of hydrogen-bond acceptors (Lipinski definition) is 3. The van der Waals surface area contributed by atoms with Crippen LogP contribution in [0.3, 0.4) is 0 Å². The third-order valence-corrected chi connectivity index (χ3v) is 3.53. The minimum atomic E-state index is 0.0225. The quantitative estimate of drug-likeness (QED) is 0.516. The second-order valence-corrected chi connectivity index (χ2v) is 4.03. The summed E-state index contributed by atoms with van der Waals surface area (Å²) < 4.78 is 5.93. The summed E-state index contributed by atoms with van der Waals surface area (Å²) in [6, 6.07) is 0. The van der Waals surface area contributed by atoms with Gasteiger partial charge in [-0.15, -0.1) is 0 Å². The van der Waals surface area contributed by atoms with Crippen LogP contribution >= 0.6 is 0 Å². The molecule has 0 amide bonds. The fraction of sp³-hybridized carbons (Fsp3) is 0.778. The molecule has 0 saturated carbocycles. The molecule has 1 spiro atoms. The Hall–Kier alpha value is -0.380. The molecule has 4 unspecified atom stereocenters. The first kappa shape index (κ1) is 7.06. The first-order chi connectivity index (χ1) is 5.86. The van der Waals surface area contributed by atoms with Crippen molar-refractivity contribution in [2.75, 3.05) is 19.6 Å². The van der Waals surface area contributed by atoms with Gasteiger partial charge in [-0.2, -0.15) is 0 Å². The first-order valence-electron chi connectivity index (χ1n) is 4.64. The Morgan fingerprint density at radius 1 is 1.67 bits per heavy atom. The highest BCUT2D eigenvalue weighted by atomic mass is 16.5. The molecule has 3 nitrogen and oxygen atoms in total. The van der Waals surface area contributed by atoms with Gasteiger partial charge in [-0.05, 0) is 6.54 Å². The lowest BCUT2D eigenvalue weighted by molar-refractivity contribution is 0.0311. The molecule has 3 heterocycles. The zero-order valence-corrected chi connectivity index (χ0v) is 6.99. The van der Waals surface area contributed by atoms with Gasteiger partial charge in [0.05, 0.1) is 6.10 Å². The van der Waals surface area contributed by atoms with Gasteiger partial charge in [0.25, 0.3) is 0 Å².